The number of benzene rings is 7. The SMILES string of the molecule is c1ccc(-c2nc3cccc(-c4cccc(-c5cc(-c6ccccn6)cc(-c6ccccn6)c5)c4)c3c3cc4c5ccccc5n(-c5ccccc5)c4cc23)cc1. The Labute approximate surface area is 330 Å². The fraction of sp³-hybridized carbons (Fsp3) is 0. The van der Waals surface area contributed by atoms with Crippen molar-refractivity contribution < 1.29 is 0 Å². The van der Waals surface area contributed by atoms with E-state index in [0.29, 0.717) is 0 Å². The van der Waals surface area contributed by atoms with Crippen molar-refractivity contribution in [1.82, 2.24) is 19.5 Å². The molecule has 0 spiro atoms. The summed E-state index contributed by atoms with van der Waals surface area (Å²) in [5.74, 6) is 0. The van der Waals surface area contributed by atoms with E-state index < -0.39 is 0 Å². The number of nitrogens with zero attached hydrogens (tertiary/aromatic N) is 4. The van der Waals surface area contributed by atoms with Crippen LogP contribution in [0.4, 0.5) is 0 Å². The highest BCUT2D eigenvalue weighted by molar-refractivity contribution is 6.22. The molecule has 0 saturated carbocycles. The molecule has 266 valence electrons. The van der Waals surface area contributed by atoms with Gasteiger partial charge in [-0.2, -0.15) is 0 Å². The van der Waals surface area contributed by atoms with Crippen LogP contribution in [0.2, 0.25) is 0 Å². The molecule has 4 heteroatoms. The van der Waals surface area contributed by atoms with Crippen LogP contribution in [0.1, 0.15) is 0 Å². The van der Waals surface area contributed by atoms with Crippen LogP contribution in [-0.2, 0) is 0 Å². The van der Waals surface area contributed by atoms with E-state index in [9.17, 15) is 0 Å². The highest BCUT2D eigenvalue weighted by atomic mass is 15.0. The van der Waals surface area contributed by atoms with Crippen molar-refractivity contribution in [3.8, 4) is 61.7 Å². The van der Waals surface area contributed by atoms with Crippen molar-refractivity contribution in [2.75, 3.05) is 0 Å². The topological polar surface area (TPSA) is 43.6 Å². The first-order valence-corrected chi connectivity index (χ1v) is 19.3. The van der Waals surface area contributed by atoms with Gasteiger partial charge in [0, 0.05) is 56.3 Å². The molecule has 0 aliphatic heterocycles. The Morgan fingerprint density at radius 1 is 0.351 bits per heavy atom. The first-order chi connectivity index (χ1) is 28.3. The Hall–Kier alpha value is -7.69. The molecule has 7 aromatic carbocycles. The monoisotopic (exact) mass is 726 g/mol. The van der Waals surface area contributed by atoms with E-state index in [4.69, 9.17) is 15.0 Å². The molecule has 4 nitrogen and oxygen atoms in total. The molecule has 4 heterocycles. The molecule has 0 atom stereocenters. The first kappa shape index (κ1) is 32.7. The highest BCUT2D eigenvalue weighted by Crippen LogP contribution is 2.43. The van der Waals surface area contributed by atoms with Gasteiger partial charge in [-0.15, -0.1) is 0 Å². The minimum Gasteiger partial charge on any atom is -0.309 e. The molecular weight excluding hydrogens is 693 g/mol. The maximum atomic E-state index is 5.47. The van der Waals surface area contributed by atoms with Gasteiger partial charge in [-0.25, -0.2) is 4.98 Å². The van der Waals surface area contributed by atoms with Crippen molar-refractivity contribution in [2.24, 2.45) is 0 Å². The lowest BCUT2D eigenvalue weighted by Gasteiger charge is -2.16. The summed E-state index contributed by atoms with van der Waals surface area (Å²) in [5, 5.41) is 5.87. The van der Waals surface area contributed by atoms with Gasteiger partial charge < -0.3 is 4.57 Å². The van der Waals surface area contributed by atoms with Gasteiger partial charge in [0.2, 0.25) is 0 Å². The first-order valence-electron chi connectivity index (χ1n) is 19.3. The Bertz CT molecular complexity index is 3210. The molecule has 11 aromatic rings. The predicted octanol–water partition coefficient (Wildman–Crippen LogP) is 13.6. The molecule has 0 amide bonds. The molecule has 57 heavy (non-hydrogen) atoms. The number of pyridine rings is 3. The third-order valence-electron chi connectivity index (χ3n) is 11.0. The molecule has 0 aliphatic carbocycles. The van der Waals surface area contributed by atoms with Crippen LogP contribution < -0.4 is 0 Å². The van der Waals surface area contributed by atoms with Crippen LogP contribution in [0.3, 0.4) is 0 Å². The van der Waals surface area contributed by atoms with Gasteiger partial charge >= 0.3 is 0 Å². The zero-order valence-corrected chi connectivity index (χ0v) is 30.9. The van der Waals surface area contributed by atoms with Crippen molar-refractivity contribution in [1.29, 1.82) is 0 Å². The minimum absolute atomic E-state index is 0.924. The van der Waals surface area contributed by atoms with E-state index in [1.54, 1.807) is 0 Å². The summed E-state index contributed by atoms with van der Waals surface area (Å²) in [5.41, 5.74) is 14.9. The van der Waals surface area contributed by atoms with Crippen LogP contribution in [0, 0.1) is 0 Å². The number of aromatic nitrogens is 4. The standard InChI is InChI=1S/C53H34N4/c1-3-15-35(16-4-1)53-46-34-51-44(43-21-7-8-26-50(43)57(51)41-19-5-2-6-20-41)33-45(46)52-42(22-14-25-49(52)56-53)37-18-13-17-36(29-37)38-30-39(47-23-9-11-27-54-47)32-40(31-38)48-24-10-12-28-55-48/h1-34H. The van der Waals surface area contributed by atoms with E-state index in [2.05, 4.69) is 174 Å². The quantitative estimate of drug-likeness (QED) is 0.160. The summed E-state index contributed by atoms with van der Waals surface area (Å²) < 4.78 is 2.39. The third-order valence-corrected chi connectivity index (χ3v) is 11.0. The fourth-order valence-corrected chi connectivity index (χ4v) is 8.45. The van der Waals surface area contributed by atoms with Gasteiger partial charge in [0.25, 0.3) is 0 Å². The maximum absolute atomic E-state index is 5.47. The molecule has 0 unspecified atom stereocenters. The second-order valence-corrected chi connectivity index (χ2v) is 14.4. The van der Waals surface area contributed by atoms with E-state index >= 15 is 0 Å². The van der Waals surface area contributed by atoms with Crippen molar-refractivity contribution in [3.63, 3.8) is 0 Å². The average Bonchev–Trinajstić information content (AvgIpc) is 3.62. The third kappa shape index (κ3) is 5.66. The van der Waals surface area contributed by atoms with Crippen LogP contribution >= 0.6 is 0 Å². The van der Waals surface area contributed by atoms with Gasteiger partial charge in [0.05, 0.1) is 33.6 Å². The number of hydrogen-bond acceptors (Lipinski definition) is 3. The van der Waals surface area contributed by atoms with E-state index in [-0.39, 0.29) is 0 Å². The van der Waals surface area contributed by atoms with Crippen molar-refractivity contribution in [2.45, 2.75) is 0 Å². The molecular formula is C53H34N4. The summed E-state index contributed by atoms with van der Waals surface area (Å²) in [6, 6.07) is 68.9. The Kier molecular flexibility index (Phi) is 7.78. The maximum Gasteiger partial charge on any atom is 0.0788 e. The van der Waals surface area contributed by atoms with E-state index in [1.807, 2.05) is 36.7 Å². The van der Waals surface area contributed by atoms with Gasteiger partial charge in [-0.1, -0.05) is 109 Å². The van der Waals surface area contributed by atoms with Crippen LogP contribution in [0.25, 0.3) is 105 Å². The van der Waals surface area contributed by atoms with Crippen molar-refractivity contribution >= 4 is 43.5 Å². The molecule has 0 saturated heterocycles. The van der Waals surface area contributed by atoms with Gasteiger partial charge in [0.1, 0.15) is 0 Å². The molecule has 0 fully saturated rings. The van der Waals surface area contributed by atoms with Gasteiger partial charge in [0.15, 0.2) is 0 Å². The van der Waals surface area contributed by atoms with E-state index in [0.717, 1.165) is 83.5 Å². The van der Waals surface area contributed by atoms with Crippen molar-refractivity contribution in [3.05, 3.63) is 207 Å². The summed E-state index contributed by atoms with van der Waals surface area (Å²) >= 11 is 0. The Morgan fingerprint density at radius 2 is 0.965 bits per heavy atom. The van der Waals surface area contributed by atoms with Gasteiger partial charge in [-0.05, 0) is 113 Å². The van der Waals surface area contributed by atoms with Crippen LogP contribution in [0.5, 0.6) is 0 Å². The molecule has 4 aromatic heterocycles. The second kappa shape index (κ2) is 13.6. The number of para-hydroxylation sites is 2. The zero-order chi connectivity index (χ0) is 37.7. The number of hydrogen-bond donors (Lipinski definition) is 0. The Morgan fingerprint density at radius 3 is 1.70 bits per heavy atom. The highest BCUT2D eigenvalue weighted by Gasteiger charge is 2.20. The van der Waals surface area contributed by atoms with Crippen LogP contribution in [0.15, 0.2) is 207 Å². The molecule has 0 bridgehead atoms. The molecule has 11 rings (SSSR count). The summed E-state index contributed by atoms with van der Waals surface area (Å²) in [6.07, 6.45) is 3.69. The molecule has 0 N–H and O–H groups in total. The zero-order valence-electron chi connectivity index (χ0n) is 30.9. The normalized spacial score (nSPS) is 11.5. The smallest absolute Gasteiger partial charge is 0.0788 e. The number of fused-ring (bicyclic) bond motifs is 6. The minimum atomic E-state index is 0.924. The predicted molar refractivity (Wildman–Crippen MR) is 236 cm³/mol. The van der Waals surface area contributed by atoms with Gasteiger partial charge in [-0.3, -0.25) is 9.97 Å². The average molecular weight is 727 g/mol. The number of rotatable bonds is 6. The largest absolute Gasteiger partial charge is 0.309 e. The molecule has 0 aliphatic rings. The van der Waals surface area contributed by atoms with E-state index in [1.165, 1.54) is 21.7 Å². The lowest BCUT2D eigenvalue weighted by molar-refractivity contribution is 1.18. The summed E-state index contributed by atoms with van der Waals surface area (Å²) in [6.45, 7) is 0. The second-order valence-electron chi connectivity index (χ2n) is 14.4. The van der Waals surface area contributed by atoms with Crippen LogP contribution in [-0.4, -0.2) is 19.5 Å². The summed E-state index contributed by atoms with van der Waals surface area (Å²) in [7, 11) is 0. The fourth-order valence-electron chi connectivity index (χ4n) is 8.45. The molecule has 0 radical (unpaired) electrons. The lowest BCUT2D eigenvalue weighted by atomic mass is 9.91. The summed E-state index contributed by atoms with van der Waals surface area (Å²) in [4.78, 5) is 14.9. The Balaban J connectivity index is 1.17. The lowest BCUT2D eigenvalue weighted by Crippen LogP contribution is -1.95.